The zero-order chi connectivity index (χ0) is 23.4. The third-order valence-corrected chi connectivity index (χ3v) is 6.33. The van der Waals surface area contributed by atoms with Gasteiger partial charge in [0.15, 0.2) is 0 Å². The summed E-state index contributed by atoms with van der Waals surface area (Å²) in [4.78, 5) is 20.4. The lowest BCUT2D eigenvalue weighted by Crippen LogP contribution is -2.19. The Labute approximate surface area is 188 Å². The molecule has 33 heavy (non-hydrogen) atoms. The van der Waals surface area contributed by atoms with E-state index in [2.05, 4.69) is 15.3 Å². The summed E-state index contributed by atoms with van der Waals surface area (Å²) in [6, 6.07) is 5.02. The van der Waals surface area contributed by atoms with Crippen molar-refractivity contribution in [3.63, 3.8) is 0 Å². The number of carboxylic acid groups (broad SMARTS) is 1. The SMILES string of the molecule is Cc1c(-c2c(CC(=O)O)c(C)c3nc(O)c4cc(F)cnc4c3c2C)ccc2c1NCCO2. The molecule has 4 aromatic rings. The highest BCUT2D eigenvalue weighted by molar-refractivity contribution is 6.11. The number of hydrogen-bond donors (Lipinski definition) is 3. The summed E-state index contributed by atoms with van der Waals surface area (Å²) in [5.41, 5.74) is 6.35. The number of aliphatic carboxylic acids is 1. The van der Waals surface area contributed by atoms with Crippen LogP contribution in [0.3, 0.4) is 0 Å². The number of nitrogens with one attached hydrogen (secondary N) is 1. The first-order chi connectivity index (χ1) is 15.8. The largest absolute Gasteiger partial charge is 0.493 e. The van der Waals surface area contributed by atoms with E-state index in [1.165, 1.54) is 6.07 Å². The van der Waals surface area contributed by atoms with Gasteiger partial charge in [-0.3, -0.25) is 9.78 Å². The van der Waals surface area contributed by atoms with Gasteiger partial charge < -0.3 is 20.3 Å². The van der Waals surface area contributed by atoms with Crippen LogP contribution in [0.2, 0.25) is 0 Å². The number of nitrogens with zero attached hydrogens (tertiary/aromatic N) is 2. The molecule has 3 heterocycles. The second kappa shape index (κ2) is 7.58. The highest BCUT2D eigenvalue weighted by Gasteiger charge is 2.25. The van der Waals surface area contributed by atoms with Crippen molar-refractivity contribution in [3.05, 3.63) is 52.5 Å². The number of anilines is 1. The van der Waals surface area contributed by atoms with Crippen LogP contribution in [0.25, 0.3) is 32.9 Å². The minimum Gasteiger partial charge on any atom is -0.493 e. The number of aromatic nitrogens is 2. The molecule has 0 saturated carbocycles. The van der Waals surface area contributed by atoms with Crippen molar-refractivity contribution in [1.82, 2.24) is 9.97 Å². The Morgan fingerprint density at radius 2 is 1.97 bits per heavy atom. The van der Waals surface area contributed by atoms with Crippen LogP contribution >= 0.6 is 0 Å². The Morgan fingerprint density at radius 1 is 1.18 bits per heavy atom. The number of aryl methyl sites for hydroxylation is 2. The molecule has 1 aliphatic heterocycles. The minimum atomic E-state index is -0.972. The van der Waals surface area contributed by atoms with Gasteiger partial charge in [-0.1, -0.05) is 6.07 Å². The van der Waals surface area contributed by atoms with Gasteiger partial charge in [-0.25, -0.2) is 9.37 Å². The molecule has 0 radical (unpaired) electrons. The molecule has 7 nitrogen and oxygen atoms in total. The van der Waals surface area contributed by atoms with Crippen molar-refractivity contribution >= 4 is 33.5 Å². The number of carbonyl (C=O) groups is 1. The zero-order valence-electron chi connectivity index (χ0n) is 18.4. The van der Waals surface area contributed by atoms with Gasteiger partial charge in [0.1, 0.15) is 18.2 Å². The number of rotatable bonds is 3. The van der Waals surface area contributed by atoms with Crippen LogP contribution in [0.4, 0.5) is 10.1 Å². The normalized spacial score (nSPS) is 13.0. The quantitative estimate of drug-likeness (QED) is 0.393. The van der Waals surface area contributed by atoms with E-state index in [1.54, 1.807) is 6.92 Å². The maximum absolute atomic E-state index is 13.9. The molecule has 5 rings (SSSR count). The molecule has 3 N–H and O–H groups in total. The van der Waals surface area contributed by atoms with Crippen molar-refractivity contribution in [2.24, 2.45) is 0 Å². The Kier molecular flexibility index (Phi) is 4.81. The smallest absolute Gasteiger partial charge is 0.307 e. The second-order valence-corrected chi connectivity index (χ2v) is 8.27. The lowest BCUT2D eigenvalue weighted by atomic mass is 9.84. The molecular formula is C25H22FN3O4. The van der Waals surface area contributed by atoms with Gasteiger partial charge in [0.05, 0.1) is 34.7 Å². The molecule has 8 heteroatoms. The van der Waals surface area contributed by atoms with E-state index in [-0.39, 0.29) is 17.7 Å². The lowest BCUT2D eigenvalue weighted by molar-refractivity contribution is -0.136. The number of hydrogen-bond acceptors (Lipinski definition) is 6. The molecule has 0 bridgehead atoms. The van der Waals surface area contributed by atoms with Crippen LogP contribution in [0.5, 0.6) is 11.6 Å². The highest BCUT2D eigenvalue weighted by atomic mass is 19.1. The van der Waals surface area contributed by atoms with E-state index in [1.807, 2.05) is 26.0 Å². The molecule has 0 amide bonds. The van der Waals surface area contributed by atoms with Gasteiger partial charge in [-0.05, 0) is 66.3 Å². The van der Waals surface area contributed by atoms with E-state index in [4.69, 9.17) is 4.74 Å². The first kappa shape index (κ1) is 20.9. The average Bonchev–Trinajstić information content (AvgIpc) is 2.78. The molecule has 0 fully saturated rings. The third kappa shape index (κ3) is 3.21. The molecule has 0 spiro atoms. The van der Waals surface area contributed by atoms with E-state index in [0.29, 0.717) is 40.7 Å². The molecule has 0 saturated heterocycles. The van der Waals surface area contributed by atoms with Gasteiger partial charge in [0, 0.05) is 11.9 Å². The van der Waals surface area contributed by atoms with Gasteiger partial charge in [0.25, 0.3) is 0 Å². The Bertz CT molecular complexity index is 1480. The van der Waals surface area contributed by atoms with Gasteiger partial charge in [-0.15, -0.1) is 0 Å². The first-order valence-electron chi connectivity index (χ1n) is 10.6. The van der Waals surface area contributed by atoms with E-state index in [9.17, 15) is 19.4 Å². The summed E-state index contributed by atoms with van der Waals surface area (Å²) < 4.78 is 19.6. The lowest BCUT2D eigenvalue weighted by Gasteiger charge is -2.25. The van der Waals surface area contributed by atoms with Crippen molar-refractivity contribution in [2.75, 3.05) is 18.5 Å². The summed E-state index contributed by atoms with van der Waals surface area (Å²) in [5.74, 6) is -1.13. The van der Waals surface area contributed by atoms with Crippen LogP contribution in [0, 0.1) is 26.6 Å². The second-order valence-electron chi connectivity index (χ2n) is 8.27. The molecular weight excluding hydrogens is 425 g/mol. The fourth-order valence-electron chi connectivity index (χ4n) is 4.82. The standard InChI is InChI=1S/C25H22FN3O4/c1-11-15(4-5-18-22(11)27-6-7-33-18)20-13(3)21-23(12(2)16(20)9-19(30)31)29-25(32)17-8-14(26)10-28-24(17)21/h4-5,8,10,27H,6-7,9H2,1-3H3,(H,29,32)(H,30,31). The third-order valence-electron chi connectivity index (χ3n) is 6.33. The number of halogens is 1. The predicted molar refractivity (Wildman–Crippen MR) is 124 cm³/mol. The molecule has 2 aromatic carbocycles. The van der Waals surface area contributed by atoms with Crippen molar-refractivity contribution in [1.29, 1.82) is 0 Å². The number of fused-ring (bicyclic) bond motifs is 4. The molecule has 0 aliphatic carbocycles. The highest BCUT2D eigenvalue weighted by Crippen LogP contribution is 2.44. The van der Waals surface area contributed by atoms with Crippen molar-refractivity contribution < 1.29 is 24.1 Å². The molecule has 0 unspecified atom stereocenters. The first-order valence-corrected chi connectivity index (χ1v) is 10.6. The van der Waals surface area contributed by atoms with Crippen LogP contribution in [0.15, 0.2) is 24.4 Å². The van der Waals surface area contributed by atoms with Gasteiger partial charge in [-0.2, -0.15) is 0 Å². The number of carboxylic acids is 1. The van der Waals surface area contributed by atoms with Crippen molar-refractivity contribution in [2.45, 2.75) is 27.2 Å². The van der Waals surface area contributed by atoms with Crippen LogP contribution in [-0.2, 0) is 11.2 Å². The summed E-state index contributed by atoms with van der Waals surface area (Å²) in [6.45, 7) is 6.90. The Balaban J connectivity index is 1.94. The van der Waals surface area contributed by atoms with E-state index in [0.717, 1.165) is 39.9 Å². The zero-order valence-corrected chi connectivity index (χ0v) is 18.4. The Hall–Kier alpha value is -3.94. The molecule has 1 aliphatic rings. The summed E-state index contributed by atoms with van der Waals surface area (Å²) >= 11 is 0. The summed E-state index contributed by atoms with van der Waals surface area (Å²) in [5, 5.41) is 24.4. The molecule has 2 aromatic heterocycles. The number of aromatic hydroxyl groups is 1. The van der Waals surface area contributed by atoms with E-state index >= 15 is 0 Å². The topological polar surface area (TPSA) is 105 Å². The maximum Gasteiger partial charge on any atom is 0.307 e. The molecule has 168 valence electrons. The van der Waals surface area contributed by atoms with E-state index < -0.39 is 11.8 Å². The number of pyridine rings is 2. The van der Waals surface area contributed by atoms with Gasteiger partial charge in [0.2, 0.25) is 5.88 Å². The average molecular weight is 447 g/mol. The fourth-order valence-corrected chi connectivity index (χ4v) is 4.82. The van der Waals surface area contributed by atoms with Crippen LogP contribution in [0.1, 0.15) is 22.3 Å². The van der Waals surface area contributed by atoms with Crippen molar-refractivity contribution in [3.8, 4) is 22.8 Å². The summed E-state index contributed by atoms with van der Waals surface area (Å²) in [7, 11) is 0. The Morgan fingerprint density at radius 3 is 2.73 bits per heavy atom. The van der Waals surface area contributed by atoms with Gasteiger partial charge >= 0.3 is 5.97 Å². The maximum atomic E-state index is 13.9. The minimum absolute atomic E-state index is 0.208. The van der Waals surface area contributed by atoms with Crippen LogP contribution < -0.4 is 10.1 Å². The molecule has 0 atom stereocenters. The summed E-state index contributed by atoms with van der Waals surface area (Å²) in [6.07, 6.45) is 0.891. The fraction of sp³-hybridized carbons (Fsp3) is 0.240. The number of ether oxygens (including phenoxy) is 1. The number of benzene rings is 2. The predicted octanol–water partition coefficient (Wildman–Crippen LogP) is 4.65. The van der Waals surface area contributed by atoms with Crippen LogP contribution in [-0.4, -0.2) is 39.3 Å². The monoisotopic (exact) mass is 447 g/mol.